The van der Waals surface area contributed by atoms with Crippen molar-refractivity contribution in [3.63, 3.8) is 0 Å². The van der Waals surface area contributed by atoms with E-state index in [2.05, 4.69) is 29.0 Å². The van der Waals surface area contributed by atoms with Gasteiger partial charge in [0.1, 0.15) is 0 Å². The summed E-state index contributed by atoms with van der Waals surface area (Å²) < 4.78 is 0. The predicted molar refractivity (Wildman–Crippen MR) is 78.1 cm³/mol. The van der Waals surface area contributed by atoms with Crippen molar-refractivity contribution in [2.45, 2.75) is 12.8 Å². The highest BCUT2D eigenvalue weighted by atomic mass is 32.2. The third kappa shape index (κ3) is 3.42. The van der Waals surface area contributed by atoms with Crippen LogP contribution in [0.2, 0.25) is 0 Å². The predicted octanol–water partition coefficient (Wildman–Crippen LogP) is 2.14. The van der Waals surface area contributed by atoms with Gasteiger partial charge in [-0.15, -0.1) is 0 Å². The van der Waals surface area contributed by atoms with Crippen molar-refractivity contribution >= 4 is 23.4 Å². The van der Waals surface area contributed by atoms with Gasteiger partial charge in [0.2, 0.25) is 5.91 Å². The van der Waals surface area contributed by atoms with Crippen LogP contribution in [0.25, 0.3) is 0 Å². The van der Waals surface area contributed by atoms with E-state index in [1.807, 2.05) is 23.9 Å². The third-order valence-corrected chi connectivity index (χ3v) is 3.91. The van der Waals surface area contributed by atoms with Crippen LogP contribution in [0.3, 0.4) is 0 Å². The molecule has 0 fully saturated rings. The fourth-order valence-electron chi connectivity index (χ4n) is 2.20. The molecular weight excluding hydrogens is 244 g/mol. The first-order chi connectivity index (χ1) is 8.81. The number of nitrogens with one attached hydrogen (secondary N) is 2. The Labute approximate surface area is 113 Å². The molecule has 0 saturated heterocycles. The second-order valence-electron chi connectivity index (χ2n) is 4.58. The highest BCUT2D eigenvalue weighted by Gasteiger charge is 2.23. The molecule has 0 aliphatic carbocycles. The summed E-state index contributed by atoms with van der Waals surface area (Å²) in [6.45, 7) is 1.53. The number of carbonyl (C=O) groups is 1. The molecule has 1 unspecified atom stereocenters. The van der Waals surface area contributed by atoms with E-state index in [1.54, 1.807) is 0 Å². The summed E-state index contributed by atoms with van der Waals surface area (Å²) in [4.78, 5) is 12.0. The number of anilines is 1. The zero-order valence-corrected chi connectivity index (χ0v) is 11.6. The quantitative estimate of drug-likeness (QED) is 0.801. The molecule has 4 heteroatoms. The number of carbonyl (C=O) groups excluding carboxylic acids is 1. The van der Waals surface area contributed by atoms with Crippen LogP contribution in [0.5, 0.6) is 0 Å². The maximum Gasteiger partial charge on any atom is 0.225 e. The van der Waals surface area contributed by atoms with Crippen LogP contribution >= 0.6 is 11.8 Å². The molecule has 1 heterocycles. The number of rotatable bonds is 5. The topological polar surface area (TPSA) is 41.1 Å². The van der Waals surface area contributed by atoms with E-state index in [0.29, 0.717) is 0 Å². The Hall–Kier alpha value is -1.16. The molecule has 3 nitrogen and oxygen atoms in total. The number of fused-ring (bicyclic) bond motifs is 1. The van der Waals surface area contributed by atoms with E-state index in [1.165, 1.54) is 11.3 Å². The van der Waals surface area contributed by atoms with E-state index in [-0.39, 0.29) is 11.8 Å². The molecule has 1 amide bonds. The molecule has 0 radical (unpaired) electrons. The highest BCUT2D eigenvalue weighted by Crippen LogP contribution is 2.24. The molecule has 1 aromatic rings. The van der Waals surface area contributed by atoms with Gasteiger partial charge in [0.15, 0.2) is 0 Å². The third-order valence-electron chi connectivity index (χ3n) is 3.22. The summed E-state index contributed by atoms with van der Waals surface area (Å²) in [6, 6.07) is 8.21. The molecule has 2 rings (SSSR count). The first-order valence-corrected chi connectivity index (χ1v) is 7.79. The number of hydrogen-bond acceptors (Lipinski definition) is 3. The summed E-state index contributed by atoms with van der Waals surface area (Å²) in [5, 5.41) is 6.36. The van der Waals surface area contributed by atoms with Crippen molar-refractivity contribution in [3.8, 4) is 0 Å². The van der Waals surface area contributed by atoms with Gasteiger partial charge in [-0.25, -0.2) is 0 Å². The maximum atomic E-state index is 12.0. The number of amides is 1. The second kappa shape index (κ2) is 6.69. The monoisotopic (exact) mass is 264 g/mol. The molecule has 0 saturated carbocycles. The number of thioether (sulfide) groups is 1. The Morgan fingerprint density at radius 3 is 3.17 bits per heavy atom. The van der Waals surface area contributed by atoms with Crippen LogP contribution in [-0.4, -0.2) is 31.0 Å². The fraction of sp³-hybridized carbons (Fsp3) is 0.500. The van der Waals surface area contributed by atoms with E-state index in [4.69, 9.17) is 0 Å². The Morgan fingerprint density at radius 2 is 2.33 bits per heavy atom. The molecule has 98 valence electrons. The number of hydrogen-bond donors (Lipinski definition) is 2. The lowest BCUT2D eigenvalue weighted by atomic mass is 9.93. The number of benzene rings is 1. The first kappa shape index (κ1) is 13.3. The Morgan fingerprint density at radius 1 is 1.50 bits per heavy atom. The van der Waals surface area contributed by atoms with Crippen molar-refractivity contribution in [3.05, 3.63) is 29.8 Å². The summed E-state index contributed by atoms with van der Waals surface area (Å²) in [5.41, 5.74) is 2.41. The van der Waals surface area contributed by atoms with Gasteiger partial charge in [-0.2, -0.15) is 11.8 Å². The molecule has 0 spiro atoms. The van der Waals surface area contributed by atoms with Gasteiger partial charge in [0.05, 0.1) is 5.92 Å². The van der Waals surface area contributed by atoms with Gasteiger partial charge in [0.25, 0.3) is 0 Å². The molecule has 1 aliphatic heterocycles. The van der Waals surface area contributed by atoms with Gasteiger partial charge >= 0.3 is 0 Å². The minimum atomic E-state index is 0.0641. The van der Waals surface area contributed by atoms with Crippen molar-refractivity contribution < 1.29 is 4.79 Å². The van der Waals surface area contributed by atoms with Crippen molar-refractivity contribution in [2.75, 3.05) is 30.4 Å². The van der Waals surface area contributed by atoms with Gasteiger partial charge in [0, 0.05) is 18.8 Å². The Balaban J connectivity index is 1.83. The minimum Gasteiger partial charge on any atom is -0.384 e. The molecule has 0 aromatic heterocycles. The highest BCUT2D eigenvalue weighted by molar-refractivity contribution is 7.98. The summed E-state index contributed by atoms with van der Waals surface area (Å²) in [5.74, 6) is 1.35. The lowest BCUT2D eigenvalue weighted by Gasteiger charge is -2.25. The van der Waals surface area contributed by atoms with E-state index < -0.39 is 0 Å². The van der Waals surface area contributed by atoms with Crippen LogP contribution < -0.4 is 10.6 Å². The van der Waals surface area contributed by atoms with Crippen LogP contribution in [0, 0.1) is 5.92 Å². The fourth-order valence-corrected chi connectivity index (χ4v) is 2.63. The molecule has 0 bridgehead atoms. The molecule has 1 aromatic carbocycles. The Bertz CT molecular complexity index is 409. The molecule has 1 aliphatic rings. The maximum absolute atomic E-state index is 12.0. The molecule has 2 N–H and O–H groups in total. The van der Waals surface area contributed by atoms with Crippen LogP contribution in [0.4, 0.5) is 5.69 Å². The number of para-hydroxylation sites is 1. The summed E-state index contributed by atoms with van der Waals surface area (Å²) >= 11 is 1.82. The minimum absolute atomic E-state index is 0.0641. The zero-order valence-electron chi connectivity index (χ0n) is 10.7. The second-order valence-corrected chi connectivity index (χ2v) is 5.56. The van der Waals surface area contributed by atoms with Crippen LogP contribution in [0.1, 0.15) is 12.0 Å². The largest absolute Gasteiger partial charge is 0.384 e. The van der Waals surface area contributed by atoms with Gasteiger partial charge in [-0.3, -0.25) is 4.79 Å². The van der Waals surface area contributed by atoms with E-state index in [0.717, 1.165) is 31.7 Å². The average molecular weight is 264 g/mol. The van der Waals surface area contributed by atoms with Gasteiger partial charge < -0.3 is 10.6 Å². The van der Waals surface area contributed by atoms with Crippen molar-refractivity contribution in [1.29, 1.82) is 0 Å². The van der Waals surface area contributed by atoms with Crippen LogP contribution in [-0.2, 0) is 11.2 Å². The van der Waals surface area contributed by atoms with Crippen molar-refractivity contribution in [1.82, 2.24) is 5.32 Å². The van der Waals surface area contributed by atoms with Crippen molar-refractivity contribution in [2.24, 2.45) is 5.92 Å². The molecule has 1 atom stereocenters. The standard InChI is InChI=1S/C14H20N2OS/c1-18-8-4-7-15-14(17)12-9-11-5-2-3-6-13(11)16-10-12/h2-3,5-6,12,16H,4,7-10H2,1H3,(H,15,17). The lowest BCUT2D eigenvalue weighted by molar-refractivity contribution is -0.124. The summed E-state index contributed by atoms with van der Waals surface area (Å²) in [7, 11) is 0. The summed E-state index contributed by atoms with van der Waals surface area (Å²) in [6.07, 6.45) is 3.98. The Kier molecular flexibility index (Phi) is 4.93. The first-order valence-electron chi connectivity index (χ1n) is 6.39. The molecule has 18 heavy (non-hydrogen) atoms. The average Bonchev–Trinajstić information content (AvgIpc) is 2.43. The molecular formula is C14H20N2OS. The van der Waals surface area contributed by atoms with Gasteiger partial charge in [-0.05, 0) is 36.5 Å². The smallest absolute Gasteiger partial charge is 0.225 e. The zero-order chi connectivity index (χ0) is 12.8. The normalized spacial score (nSPS) is 17.7. The lowest BCUT2D eigenvalue weighted by Crippen LogP contribution is -2.38. The van der Waals surface area contributed by atoms with E-state index >= 15 is 0 Å². The van der Waals surface area contributed by atoms with E-state index in [9.17, 15) is 4.79 Å². The van der Waals surface area contributed by atoms with Crippen LogP contribution in [0.15, 0.2) is 24.3 Å². The SMILES string of the molecule is CSCCCNC(=O)C1CNc2ccccc2C1. The van der Waals surface area contributed by atoms with Gasteiger partial charge in [-0.1, -0.05) is 18.2 Å².